The highest BCUT2D eigenvalue weighted by molar-refractivity contribution is 7.20. The Bertz CT molecular complexity index is 981. The Morgan fingerprint density at radius 2 is 1.77 bits per heavy atom. The van der Waals surface area contributed by atoms with E-state index in [0.717, 1.165) is 21.2 Å². The molecule has 2 amide bonds. The van der Waals surface area contributed by atoms with Crippen molar-refractivity contribution in [3.05, 3.63) is 54.1 Å². The summed E-state index contributed by atoms with van der Waals surface area (Å²) >= 11 is 1.30. The van der Waals surface area contributed by atoms with Crippen LogP contribution in [0.1, 0.15) is 31.1 Å². The van der Waals surface area contributed by atoms with Gasteiger partial charge in [-0.15, -0.1) is 11.3 Å². The van der Waals surface area contributed by atoms with Gasteiger partial charge in [-0.1, -0.05) is 42.5 Å². The zero-order valence-electron chi connectivity index (χ0n) is 14.8. The van der Waals surface area contributed by atoms with Gasteiger partial charge in [0.2, 0.25) is 0 Å². The van der Waals surface area contributed by atoms with Crippen LogP contribution in [0.5, 0.6) is 0 Å². The van der Waals surface area contributed by atoms with Crippen molar-refractivity contribution in [2.45, 2.75) is 26.4 Å². The van der Waals surface area contributed by atoms with E-state index < -0.39 is 17.6 Å². The molecule has 0 spiro atoms. The number of carbonyl (C=O) groups excluding carboxylic acids is 2. The lowest BCUT2D eigenvalue weighted by atomic mass is 10.0. The fourth-order valence-electron chi connectivity index (χ4n) is 2.64. The Balaban J connectivity index is 2.02. The molecular weight excluding hydrogens is 348 g/mol. The molecule has 0 saturated heterocycles. The summed E-state index contributed by atoms with van der Waals surface area (Å²) in [4.78, 5) is 24.8. The number of ether oxygens (including phenoxy) is 1. The van der Waals surface area contributed by atoms with Gasteiger partial charge in [0.05, 0.1) is 5.56 Å². The number of amides is 2. The molecule has 0 aliphatic rings. The summed E-state index contributed by atoms with van der Waals surface area (Å²) in [5, 5.41) is 5.19. The number of rotatable bonds is 3. The van der Waals surface area contributed by atoms with E-state index in [2.05, 4.69) is 5.32 Å². The third-order valence-electron chi connectivity index (χ3n) is 3.67. The quantitative estimate of drug-likeness (QED) is 0.681. The second-order valence-electron chi connectivity index (χ2n) is 6.87. The number of anilines is 1. The maximum absolute atomic E-state index is 12.1. The van der Waals surface area contributed by atoms with Gasteiger partial charge in [-0.3, -0.25) is 10.1 Å². The van der Waals surface area contributed by atoms with Crippen LogP contribution in [-0.2, 0) is 4.74 Å². The molecule has 3 aromatic rings. The van der Waals surface area contributed by atoms with Crippen molar-refractivity contribution < 1.29 is 14.3 Å². The monoisotopic (exact) mass is 368 g/mol. The van der Waals surface area contributed by atoms with Gasteiger partial charge >= 0.3 is 6.09 Å². The first kappa shape index (κ1) is 17.9. The Morgan fingerprint density at radius 1 is 1.08 bits per heavy atom. The van der Waals surface area contributed by atoms with Crippen LogP contribution in [0.15, 0.2) is 48.5 Å². The minimum atomic E-state index is -0.632. The highest BCUT2D eigenvalue weighted by atomic mass is 32.1. The van der Waals surface area contributed by atoms with E-state index in [9.17, 15) is 9.59 Å². The van der Waals surface area contributed by atoms with Gasteiger partial charge in [0.15, 0.2) is 0 Å². The van der Waals surface area contributed by atoms with E-state index in [4.69, 9.17) is 10.5 Å². The smallest absolute Gasteiger partial charge is 0.412 e. The molecule has 0 aliphatic heterocycles. The Morgan fingerprint density at radius 3 is 2.46 bits per heavy atom. The summed E-state index contributed by atoms with van der Waals surface area (Å²) in [6.45, 7) is 5.33. The van der Waals surface area contributed by atoms with E-state index in [1.165, 1.54) is 11.3 Å². The minimum absolute atomic E-state index is 0.267. The van der Waals surface area contributed by atoms with Crippen LogP contribution in [-0.4, -0.2) is 17.6 Å². The molecule has 5 nitrogen and oxygen atoms in total. The number of fused-ring (bicyclic) bond motifs is 1. The molecule has 0 atom stereocenters. The maximum atomic E-state index is 12.1. The van der Waals surface area contributed by atoms with Crippen LogP contribution in [0.4, 0.5) is 9.80 Å². The van der Waals surface area contributed by atoms with E-state index >= 15 is 0 Å². The molecule has 0 radical (unpaired) electrons. The van der Waals surface area contributed by atoms with Crippen molar-refractivity contribution in [2.75, 3.05) is 5.32 Å². The molecule has 134 valence electrons. The summed E-state index contributed by atoms with van der Waals surface area (Å²) in [5.41, 5.74) is 6.11. The second-order valence-corrected chi connectivity index (χ2v) is 7.92. The largest absolute Gasteiger partial charge is 0.444 e. The average molecular weight is 368 g/mol. The van der Waals surface area contributed by atoms with Gasteiger partial charge in [0.1, 0.15) is 10.6 Å². The first-order chi connectivity index (χ1) is 12.2. The van der Waals surface area contributed by atoms with Crippen molar-refractivity contribution in [2.24, 2.45) is 5.73 Å². The van der Waals surface area contributed by atoms with Gasteiger partial charge in [-0.05, 0) is 43.2 Å². The van der Waals surface area contributed by atoms with E-state index in [0.29, 0.717) is 5.00 Å². The Labute approximate surface area is 155 Å². The van der Waals surface area contributed by atoms with Gasteiger partial charge in [-0.25, -0.2) is 4.79 Å². The van der Waals surface area contributed by atoms with Gasteiger partial charge in [0.25, 0.3) is 5.91 Å². The lowest BCUT2D eigenvalue weighted by Crippen LogP contribution is -2.27. The lowest BCUT2D eigenvalue weighted by molar-refractivity contribution is 0.0636. The normalized spacial score (nSPS) is 11.3. The van der Waals surface area contributed by atoms with E-state index in [-0.39, 0.29) is 5.56 Å². The SMILES string of the molecule is CC(C)(C)OC(=O)Nc1sc(-c2cccc3ccccc23)cc1C(N)=O. The second kappa shape index (κ2) is 6.80. The fraction of sp³-hybridized carbons (Fsp3) is 0.200. The third kappa shape index (κ3) is 3.86. The highest BCUT2D eigenvalue weighted by Crippen LogP contribution is 2.38. The zero-order valence-corrected chi connectivity index (χ0v) is 15.6. The molecule has 0 aliphatic carbocycles. The van der Waals surface area contributed by atoms with E-state index in [1.54, 1.807) is 26.8 Å². The van der Waals surface area contributed by atoms with Crippen molar-refractivity contribution in [3.8, 4) is 10.4 Å². The van der Waals surface area contributed by atoms with Gasteiger partial charge in [0, 0.05) is 4.88 Å². The van der Waals surface area contributed by atoms with Crippen LogP contribution < -0.4 is 11.1 Å². The van der Waals surface area contributed by atoms with Gasteiger partial charge in [-0.2, -0.15) is 0 Å². The van der Waals surface area contributed by atoms with Crippen molar-refractivity contribution in [3.63, 3.8) is 0 Å². The van der Waals surface area contributed by atoms with Crippen LogP contribution >= 0.6 is 11.3 Å². The molecule has 6 heteroatoms. The molecule has 2 aromatic carbocycles. The Hall–Kier alpha value is -2.86. The molecule has 0 saturated carbocycles. The molecule has 3 rings (SSSR count). The predicted octanol–water partition coefficient (Wildman–Crippen LogP) is 5.01. The lowest BCUT2D eigenvalue weighted by Gasteiger charge is -2.19. The number of benzene rings is 2. The van der Waals surface area contributed by atoms with Crippen LogP contribution in [0.25, 0.3) is 21.2 Å². The maximum Gasteiger partial charge on any atom is 0.412 e. The molecule has 0 bridgehead atoms. The summed E-state index contributed by atoms with van der Waals surface area (Å²) in [5.74, 6) is -0.598. The molecule has 1 heterocycles. The number of primary amides is 1. The van der Waals surface area contributed by atoms with Crippen LogP contribution in [0.3, 0.4) is 0 Å². The Kier molecular flexibility index (Phi) is 4.70. The van der Waals surface area contributed by atoms with Crippen molar-refractivity contribution in [1.29, 1.82) is 0 Å². The first-order valence-corrected chi connectivity index (χ1v) is 8.98. The number of thiophene rings is 1. The van der Waals surface area contributed by atoms with Crippen molar-refractivity contribution >= 4 is 39.1 Å². The topological polar surface area (TPSA) is 81.4 Å². The molecule has 0 unspecified atom stereocenters. The predicted molar refractivity (Wildman–Crippen MR) is 106 cm³/mol. The molecule has 26 heavy (non-hydrogen) atoms. The molecule has 0 fully saturated rings. The molecule has 3 N–H and O–H groups in total. The number of carbonyl (C=O) groups is 2. The number of hydrogen-bond donors (Lipinski definition) is 2. The highest BCUT2D eigenvalue weighted by Gasteiger charge is 2.21. The standard InChI is InChI=1S/C20H20N2O3S/c1-20(2,3)25-19(24)22-18-15(17(21)23)11-16(26-18)14-10-6-8-12-7-4-5-9-13(12)14/h4-11H,1-3H3,(H2,21,23)(H,22,24). The van der Waals surface area contributed by atoms with E-state index in [1.807, 2.05) is 42.5 Å². The van der Waals surface area contributed by atoms with Gasteiger partial charge < -0.3 is 10.5 Å². The summed E-state index contributed by atoms with van der Waals surface area (Å²) < 4.78 is 5.27. The summed E-state index contributed by atoms with van der Waals surface area (Å²) in [6.07, 6.45) is -0.619. The summed E-state index contributed by atoms with van der Waals surface area (Å²) in [6, 6.07) is 15.7. The minimum Gasteiger partial charge on any atom is -0.444 e. The number of hydrogen-bond acceptors (Lipinski definition) is 4. The number of nitrogens with two attached hydrogens (primary N) is 1. The molecule has 1 aromatic heterocycles. The van der Waals surface area contributed by atoms with Crippen LogP contribution in [0, 0.1) is 0 Å². The third-order valence-corrected chi connectivity index (χ3v) is 4.75. The molecular formula is C20H20N2O3S. The van der Waals surface area contributed by atoms with Crippen molar-refractivity contribution in [1.82, 2.24) is 0 Å². The summed E-state index contributed by atoms with van der Waals surface area (Å²) in [7, 11) is 0. The van der Waals surface area contributed by atoms with Crippen LogP contribution in [0.2, 0.25) is 0 Å². The average Bonchev–Trinajstić information content (AvgIpc) is 2.96. The number of nitrogens with one attached hydrogen (secondary N) is 1. The zero-order chi connectivity index (χ0) is 18.9. The first-order valence-electron chi connectivity index (χ1n) is 8.16. The fourth-order valence-corrected chi connectivity index (χ4v) is 3.72.